The normalized spacial score (nSPS) is 10.8. The van der Waals surface area contributed by atoms with E-state index in [0.717, 1.165) is 16.9 Å². The van der Waals surface area contributed by atoms with Crippen molar-refractivity contribution in [2.45, 2.75) is 46.6 Å². The van der Waals surface area contributed by atoms with E-state index in [2.05, 4.69) is 21.3 Å². The predicted octanol–water partition coefficient (Wildman–Crippen LogP) is 3.92. The number of nitrogens with one attached hydrogen (secondary N) is 4. The Kier molecular flexibility index (Phi) is 7.58. The molecule has 2 aromatic rings. The van der Waals surface area contributed by atoms with E-state index in [4.69, 9.17) is 0 Å². The SMILES string of the molecule is CCC(=O)Nc1cccc(NCC(=O)Nc2ccc(C(=O)NC(C)(C)C)cc2)c1C. The van der Waals surface area contributed by atoms with E-state index < -0.39 is 0 Å². The molecule has 0 spiro atoms. The number of amides is 3. The molecule has 0 heterocycles. The van der Waals surface area contributed by atoms with Crippen LogP contribution in [-0.2, 0) is 9.59 Å². The topological polar surface area (TPSA) is 99.3 Å². The standard InChI is InChI=1S/C23H30N4O3/c1-6-20(28)26-19-9-7-8-18(15(19)2)24-14-21(29)25-17-12-10-16(11-13-17)22(30)27-23(3,4)5/h7-13,24H,6,14H2,1-5H3,(H,25,29)(H,26,28)(H,27,30). The highest BCUT2D eigenvalue weighted by atomic mass is 16.2. The minimum atomic E-state index is -0.315. The minimum Gasteiger partial charge on any atom is -0.376 e. The molecule has 3 amide bonds. The average Bonchev–Trinajstić information content (AvgIpc) is 2.67. The molecule has 0 bridgehead atoms. The fourth-order valence-corrected chi connectivity index (χ4v) is 2.70. The molecule has 0 unspecified atom stereocenters. The number of anilines is 3. The molecule has 0 fully saturated rings. The smallest absolute Gasteiger partial charge is 0.251 e. The molecule has 0 aliphatic rings. The lowest BCUT2D eigenvalue weighted by molar-refractivity contribution is -0.116. The third-order valence-corrected chi connectivity index (χ3v) is 4.29. The highest BCUT2D eigenvalue weighted by Gasteiger charge is 2.15. The van der Waals surface area contributed by atoms with Crippen LogP contribution in [0.2, 0.25) is 0 Å². The zero-order valence-corrected chi connectivity index (χ0v) is 18.2. The lowest BCUT2D eigenvalue weighted by Gasteiger charge is -2.20. The predicted molar refractivity (Wildman–Crippen MR) is 121 cm³/mol. The highest BCUT2D eigenvalue weighted by Crippen LogP contribution is 2.23. The van der Waals surface area contributed by atoms with Gasteiger partial charge in [-0.1, -0.05) is 13.0 Å². The summed E-state index contributed by atoms with van der Waals surface area (Å²) in [7, 11) is 0. The van der Waals surface area contributed by atoms with E-state index in [1.807, 2.05) is 45.9 Å². The zero-order chi connectivity index (χ0) is 22.3. The van der Waals surface area contributed by atoms with Crippen LogP contribution in [0.25, 0.3) is 0 Å². The number of carbonyl (C=O) groups excluding carboxylic acids is 3. The summed E-state index contributed by atoms with van der Waals surface area (Å²) in [6.07, 6.45) is 0.399. The van der Waals surface area contributed by atoms with E-state index in [-0.39, 0.29) is 29.8 Å². The summed E-state index contributed by atoms with van der Waals surface area (Å²) in [4.78, 5) is 36.1. The Morgan fingerprint density at radius 2 is 1.50 bits per heavy atom. The quantitative estimate of drug-likeness (QED) is 0.556. The van der Waals surface area contributed by atoms with Crippen LogP contribution in [0, 0.1) is 6.92 Å². The van der Waals surface area contributed by atoms with Crippen molar-refractivity contribution in [3.05, 3.63) is 53.6 Å². The molecule has 0 aromatic heterocycles. The molecule has 0 saturated carbocycles. The van der Waals surface area contributed by atoms with Crippen LogP contribution in [0.4, 0.5) is 17.1 Å². The largest absolute Gasteiger partial charge is 0.376 e. The molecule has 0 saturated heterocycles. The second-order valence-corrected chi connectivity index (χ2v) is 8.06. The molecule has 0 aliphatic carbocycles. The molecule has 0 radical (unpaired) electrons. The van der Waals surface area contributed by atoms with Crippen LogP contribution < -0.4 is 21.3 Å². The van der Waals surface area contributed by atoms with Gasteiger partial charge in [0.15, 0.2) is 0 Å². The minimum absolute atomic E-state index is 0.0624. The number of hydrogen-bond donors (Lipinski definition) is 4. The van der Waals surface area contributed by atoms with Crippen molar-refractivity contribution in [3.8, 4) is 0 Å². The van der Waals surface area contributed by atoms with Gasteiger partial charge in [0.05, 0.1) is 6.54 Å². The van der Waals surface area contributed by atoms with Crippen molar-refractivity contribution in [2.24, 2.45) is 0 Å². The van der Waals surface area contributed by atoms with Crippen molar-refractivity contribution >= 4 is 34.8 Å². The summed E-state index contributed by atoms with van der Waals surface area (Å²) < 4.78 is 0. The molecule has 7 heteroatoms. The van der Waals surface area contributed by atoms with E-state index in [1.54, 1.807) is 31.2 Å². The van der Waals surface area contributed by atoms with Crippen LogP contribution in [0.1, 0.15) is 50.0 Å². The number of rotatable bonds is 7. The molecule has 0 aliphatic heterocycles. The van der Waals surface area contributed by atoms with E-state index >= 15 is 0 Å². The lowest BCUT2D eigenvalue weighted by atomic mass is 10.1. The second-order valence-electron chi connectivity index (χ2n) is 8.06. The zero-order valence-electron chi connectivity index (χ0n) is 18.2. The summed E-state index contributed by atoms with van der Waals surface area (Å²) in [5, 5.41) is 11.6. The Labute approximate surface area is 177 Å². The van der Waals surface area contributed by atoms with Gasteiger partial charge in [0.2, 0.25) is 11.8 Å². The van der Waals surface area contributed by atoms with E-state index in [9.17, 15) is 14.4 Å². The van der Waals surface area contributed by atoms with Gasteiger partial charge < -0.3 is 21.3 Å². The molecule has 0 atom stereocenters. The Balaban J connectivity index is 1.93. The third-order valence-electron chi connectivity index (χ3n) is 4.29. The van der Waals surface area contributed by atoms with Crippen LogP contribution in [0.3, 0.4) is 0 Å². The van der Waals surface area contributed by atoms with Gasteiger partial charge in [-0.05, 0) is 69.7 Å². The first-order chi connectivity index (χ1) is 14.1. The van der Waals surface area contributed by atoms with Crippen molar-refractivity contribution in [1.29, 1.82) is 0 Å². The maximum Gasteiger partial charge on any atom is 0.251 e. The first kappa shape index (κ1) is 22.9. The van der Waals surface area contributed by atoms with Gasteiger partial charge in [0, 0.05) is 34.6 Å². The molecule has 30 heavy (non-hydrogen) atoms. The summed E-state index contributed by atoms with van der Waals surface area (Å²) >= 11 is 0. The van der Waals surface area contributed by atoms with Crippen LogP contribution >= 0.6 is 0 Å². The Bertz CT molecular complexity index is 915. The fraction of sp³-hybridized carbons (Fsp3) is 0.348. The highest BCUT2D eigenvalue weighted by molar-refractivity contribution is 5.97. The van der Waals surface area contributed by atoms with Gasteiger partial charge in [-0.15, -0.1) is 0 Å². The fourth-order valence-electron chi connectivity index (χ4n) is 2.70. The van der Waals surface area contributed by atoms with Crippen molar-refractivity contribution in [3.63, 3.8) is 0 Å². The van der Waals surface area contributed by atoms with Gasteiger partial charge in [0.1, 0.15) is 0 Å². The Morgan fingerprint density at radius 1 is 0.867 bits per heavy atom. The van der Waals surface area contributed by atoms with Crippen LogP contribution in [0.5, 0.6) is 0 Å². The molecule has 2 rings (SSSR count). The maximum atomic E-state index is 12.3. The van der Waals surface area contributed by atoms with Gasteiger partial charge in [0.25, 0.3) is 5.91 Å². The monoisotopic (exact) mass is 410 g/mol. The molecule has 2 aromatic carbocycles. The number of carbonyl (C=O) groups is 3. The lowest BCUT2D eigenvalue weighted by Crippen LogP contribution is -2.40. The molecule has 7 nitrogen and oxygen atoms in total. The molecular weight excluding hydrogens is 380 g/mol. The Morgan fingerprint density at radius 3 is 2.10 bits per heavy atom. The summed E-state index contributed by atoms with van der Waals surface area (Å²) in [5.74, 6) is -0.440. The first-order valence-corrected chi connectivity index (χ1v) is 9.95. The molecule has 4 N–H and O–H groups in total. The average molecular weight is 411 g/mol. The summed E-state index contributed by atoms with van der Waals surface area (Å²) in [6, 6.07) is 12.2. The summed E-state index contributed by atoms with van der Waals surface area (Å²) in [5.41, 5.74) is 3.17. The van der Waals surface area contributed by atoms with Gasteiger partial charge in [-0.3, -0.25) is 14.4 Å². The second kappa shape index (κ2) is 9.91. The molecule has 160 valence electrons. The van der Waals surface area contributed by atoms with Gasteiger partial charge >= 0.3 is 0 Å². The van der Waals surface area contributed by atoms with E-state index in [1.165, 1.54) is 0 Å². The van der Waals surface area contributed by atoms with Crippen molar-refractivity contribution in [2.75, 3.05) is 22.5 Å². The Hall–Kier alpha value is -3.35. The van der Waals surface area contributed by atoms with Crippen LogP contribution in [-0.4, -0.2) is 29.8 Å². The van der Waals surface area contributed by atoms with Gasteiger partial charge in [-0.2, -0.15) is 0 Å². The number of hydrogen-bond acceptors (Lipinski definition) is 4. The molecular formula is C23H30N4O3. The maximum absolute atomic E-state index is 12.3. The van der Waals surface area contributed by atoms with E-state index in [0.29, 0.717) is 17.7 Å². The van der Waals surface area contributed by atoms with Crippen molar-refractivity contribution in [1.82, 2.24) is 5.32 Å². The summed E-state index contributed by atoms with van der Waals surface area (Å²) in [6.45, 7) is 9.50. The van der Waals surface area contributed by atoms with Gasteiger partial charge in [-0.25, -0.2) is 0 Å². The third kappa shape index (κ3) is 6.92. The number of benzene rings is 2. The van der Waals surface area contributed by atoms with Crippen molar-refractivity contribution < 1.29 is 14.4 Å². The van der Waals surface area contributed by atoms with Crippen LogP contribution in [0.15, 0.2) is 42.5 Å². The first-order valence-electron chi connectivity index (χ1n) is 9.95.